The number of likely N-dealkylation sites (N-methyl/N-ethyl adjacent to an activating group) is 1. The Morgan fingerprint density at radius 1 is 1.53 bits per heavy atom. The second-order valence-electron chi connectivity index (χ2n) is 3.01. The van der Waals surface area contributed by atoms with E-state index >= 15 is 0 Å². The number of amides is 1. The molecule has 1 amide bonds. The summed E-state index contributed by atoms with van der Waals surface area (Å²) in [5, 5.41) is 0.409. The van der Waals surface area contributed by atoms with Gasteiger partial charge >= 0.3 is 6.09 Å². The van der Waals surface area contributed by atoms with Crippen molar-refractivity contribution >= 4 is 17.7 Å². The Morgan fingerprint density at radius 3 is 2.80 bits per heavy atom. The van der Waals surface area contributed by atoms with Crippen molar-refractivity contribution in [2.45, 2.75) is 0 Å². The molecule has 5 heteroatoms. The van der Waals surface area contributed by atoms with E-state index in [1.807, 2.05) is 0 Å². The van der Waals surface area contributed by atoms with Gasteiger partial charge in [0.1, 0.15) is 0 Å². The number of halogens is 1. The average Bonchev–Trinajstić information content (AvgIpc) is 2.21. The molecule has 0 aliphatic carbocycles. The van der Waals surface area contributed by atoms with E-state index in [1.54, 1.807) is 31.3 Å². The van der Waals surface area contributed by atoms with Crippen LogP contribution in [0.25, 0.3) is 0 Å². The first-order valence-corrected chi connectivity index (χ1v) is 4.90. The normalized spacial score (nSPS) is 9.80. The molecule has 0 aliphatic heterocycles. The fraction of sp³-hybridized carbons (Fsp3) is 0.300. The van der Waals surface area contributed by atoms with Gasteiger partial charge in [-0.05, 0) is 12.1 Å². The summed E-state index contributed by atoms with van der Waals surface area (Å²) in [4.78, 5) is 12.8. The quantitative estimate of drug-likeness (QED) is 0.857. The zero-order valence-electron chi connectivity index (χ0n) is 8.44. The first-order valence-electron chi connectivity index (χ1n) is 4.52. The molecule has 0 heterocycles. The summed E-state index contributed by atoms with van der Waals surface area (Å²) in [6, 6.07) is 6.81. The lowest BCUT2D eigenvalue weighted by Crippen LogP contribution is -2.33. The Kier molecular flexibility index (Phi) is 4.39. The number of ether oxygens (including phenoxy) is 1. The van der Waals surface area contributed by atoms with Crippen molar-refractivity contribution in [2.75, 3.05) is 20.1 Å². The molecule has 4 nitrogen and oxygen atoms in total. The predicted octanol–water partition coefficient (Wildman–Crippen LogP) is 1.73. The number of para-hydroxylation sites is 1. The smallest absolute Gasteiger partial charge is 0.409 e. The van der Waals surface area contributed by atoms with E-state index in [0.29, 0.717) is 23.9 Å². The molecule has 0 aromatic heterocycles. The minimum atomic E-state index is -0.464. The monoisotopic (exact) mass is 228 g/mol. The molecule has 1 rings (SSSR count). The SMILES string of the molecule is CN(CCN)C(=O)Oc1ccccc1Cl. The minimum absolute atomic E-state index is 0.355. The number of benzene rings is 1. The lowest BCUT2D eigenvalue weighted by atomic mass is 10.3. The van der Waals surface area contributed by atoms with E-state index in [4.69, 9.17) is 22.1 Å². The van der Waals surface area contributed by atoms with Crippen molar-refractivity contribution < 1.29 is 9.53 Å². The largest absolute Gasteiger partial charge is 0.415 e. The first-order chi connectivity index (χ1) is 7.15. The van der Waals surface area contributed by atoms with Crippen molar-refractivity contribution in [3.63, 3.8) is 0 Å². The Balaban J connectivity index is 2.62. The molecule has 0 saturated heterocycles. The van der Waals surface area contributed by atoms with Gasteiger partial charge < -0.3 is 15.4 Å². The molecule has 0 fully saturated rings. The third-order valence-electron chi connectivity index (χ3n) is 1.81. The Labute approximate surface area is 93.6 Å². The molecular formula is C10H13ClN2O2. The topological polar surface area (TPSA) is 55.6 Å². The maximum absolute atomic E-state index is 11.4. The third kappa shape index (κ3) is 3.42. The number of carbonyl (C=O) groups is 1. The first kappa shape index (κ1) is 11.8. The molecule has 0 saturated carbocycles. The molecule has 0 spiro atoms. The minimum Gasteiger partial charge on any atom is -0.409 e. The average molecular weight is 229 g/mol. The summed E-state index contributed by atoms with van der Waals surface area (Å²) in [7, 11) is 1.62. The highest BCUT2D eigenvalue weighted by atomic mass is 35.5. The fourth-order valence-electron chi connectivity index (χ4n) is 0.984. The lowest BCUT2D eigenvalue weighted by molar-refractivity contribution is 0.164. The summed E-state index contributed by atoms with van der Waals surface area (Å²) >= 11 is 5.83. The van der Waals surface area contributed by atoms with Gasteiger partial charge in [0.25, 0.3) is 0 Å². The molecule has 82 valence electrons. The van der Waals surface area contributed by atoms with E-state index in [-0.39, 0.29) is 0 Å². The zero-order chi connectivity index (χ0) is 11.3. The van der Waals surface area contributed by atoms with Crippen LogP contribution < -0.4 is 10.5 Å². The second kappa shape index (κ2) is 5.58. The number of nitrogens with zero attached hydrogens (tertiary/aromatic N) is 1. The van der Waals surface area contributed by atoms with Crippen molar-refractivity contribution in [1.29, 1.82) is 0 Å². The van der Waals surface area contributed by atoms with Crippen molar-refractivity contribution in [2.24, 2.45) is 5.73 Å². The van der Waals surface area contributed by atoms with Crippen LogP contribution in [0.3, 0.4) is 0 Å². The summed E-state index contributed by atoms with van der Waals surface area (Å²) in [6.07, 6.45) is -0.464. The number of hydrogen-bond donors (Lipinski definition) is 1. The van der Waals surface area contributed by atoms with Crippen molar-refractivity contribution in [3.8, 4) is 5.75 Å². The van der Waals surface area contributed by atoms with Gasteiger partial charge in [-0.1, -0.05) is 23.7 Å². The summed E-state index contributed by atoms with van der Waals surface area (Å²) in [5.41, 5.74) is 5.32. The van der Waals surface area contributed by atoms with Gasteiger partial charge in [-0.2, -0.15) is 0 Å². The Hall–Kier alpha value is -1.26. The number of rotatable bonds is 3. The van der Waals surface area contributed by atoms with Crippen LogP contribution in [0.15, 0.2) is 24.3 Å². The van der Waals surface area contributed by atoms with E-state index in [9.17, 15) is 4.79 Å². The van der Waals surface area contributed by atoms with Crippen molar-refractivity contribution in [3.05, 3.63) is 29.3 Å². The van der Waals surface area contributed by atoms with Crippen LogP contribution >= 0.6 is 11.6 Å². The molecule has 15 heavy (non-hydrogen) atoms. The van der Waals surface area contributed by atoms with Crippen LogP contribution in [-0.2, 0) is 0 Å². The van der Waals surface area contributed by atoms with Gasteiger partial charge in [-0.15, -0.1) is 0 Å². The van der Waals surface area contributed by atoms with Gasteiger partial charge in [-0.3, -0.25) is 0 Å². The standard InChI is InChI=1S/C10H13ClN2O2/c1-13(7-6-12)10(14)15-9-5-3-2-4-8(9)11/h2-5H,6-7,12H2,1H3. The van der Waals surface area contributed by atoms with Gasteiger partial charge in [0.2, 0.25) is 0 Å². The van der Waals surface area contributed by atoms with Crippen LogP contribution in [-0.4, -0.2) is 31.1 Å². The summed E-state index contributed by atoms with van der Waals surface area (Å²) in [6.45, 7) is 0.845. The van der Waals surface area contributed by atoms with Gasteiger partial charge in [0.15, 0.2) is 5.75 Å². The fourth-order valence-corrected chi connectivity index (χ4v) is 1.16. The molecule has 0 aliphatic rings. The van der Waals surface area contributed by atoms with E-state index in [2.05, 4.69) is 0 Å². The molecule has 2 N–H and O–H groups in total. The molecule has 0 bridgehead atoms. The maximum Gasteiger partial charge on any atom is 0.415 e. The summed E-state index contributed by atoms with van der Waals surface area (Å²) < 4.78 is 5.06. The molecule has 0 radical (unpaired) electrons. The lowest BCUT2D eigenvalue weighted by Gasteiger charge is -2.15. The van der Waals surface area contributed by atoms with Crippen LogP contribution in [0.5, 0.6) is 5.75 Å². The maximum atomic E-state index is 11.4. The molecule has 0 atom stereocenters. The molecule has 0 unspecified atom stereocenters. The van der Waals surface area contributed by atoms with Crippen molar-refractivity contribution in [1.82, 2.24) is 4.90 Å². The van der Waals surface area contributed by atoms with E-state index in [1.165, 1.54) is 4.90 Å². The number of carbonyl (C=O) groups excluding carboxylic acids is 1. The Morgan fingerprint density at radius 2 is 2.20 bits per heavy atom. The highest BCUT2D eigenvalue weighted by molar-refractivity contribution is 6.32. The van der Waals surface area contributed by atoms with Crippen LogP contribution in [0.4, 0.5) is 4.79 Å². The van der Waals surface area contributed by atoms with Crippen LogP contribution in [0.1, 0.15) is 0 Å². The molecular weight excluding hydrogens is 216 g/mol. The third-order valence-corrected chi connectivity index (χ3v) is 2.12. The highest BCUT2D eigenvalue weighted by Gasteiger charge is 2.11. The highest BCUT2D eigenvalue weighted by Crippen LogP contribution is 2.23. The Bertz CT molecular complexity index is 344. The number of nitrogens with two attached hydrogens (primary N) is 1. The van der Waals surface area contributed by atoms with Gasteiger partial charge in [-0.25, -0.2) is 4.79 Å². The van der Waals surface area contributed by atoms with Crippen LogP contribution in [0, 0.1) is 0 Å². The van der Waals surface area contributed by atoms with Crippen LogP contribution in [0.2, 0.25) is 5.02 Å². The van der Waals surface area contributed by atoms with E-state index < -0.39 is 6.09 Å². The molecule has 1 aromatic rings. The number of hydrogen-bond acceptors (Lipinski definition) is 3. The van der Waals surface area contributed by atoms with E-state index in [0.717, 1.165) is 0 Å². The second-order valence-corrected chi connectivity index (χ2v) is 3.42. The van der Waals surface area contributed by atoms with Gasteiger partial charge in [0.05, 0.1) is 5.02 Å². The molecule has 1 aromatic carbocycles. The zero-order valence-corrected chi connectivity index (χ0v) is 9.20. The van der Waals surface area contributed by atoms with Gasteiger partial charge in [0, 0.05) is 20.1 Å². The predicted molar refractivity (Wildman–Crippen MR) is 59.2 cm³/mol. The summed E-state index contributed by atoms with van der Waals surface area (Å²) in [5.74, 6) is 0.355.